The molecule has 0 aromatic carbocycles. The third-order valence-electron chi connectivity index (χ3n) is 0.782. The van der Waals surface area contributed by atoms with Gasteiger partial charge in [0, 0.05) is 10.4 Å². The quantitative estimate of drug-likeness (QED) is 0.196. The molecule has 2 atom stereocenters. The summed E-state index contributed by atoms with van der Waals surface area (Å²) < 4.78 is 34.1. The van der Waals surface area contributed by atoms with Gasteiger partial charge in [0.15, 0.2) is 0 Å². The molecule has 22 heavy (non-hydrogen) atoms. The molecule has 0 radical (unpaired) electrons. The van der Waals surface area contributed by atoms with Crippen molar-refractivity contribution in [3.8, 4) is 0 Å². The fourth-order valence-corrected chi connectivity index (χ4v) is 0.258. The van der Waals surface area contributed by atoms with Crippen molar-refractivity contribution in [1.82, 2.24) is 6.15 Å². The summed E-state index contributed by atoms with van der Waals surface area (Å²) in [6, 6.07) is 0. The van der Waals surface area contributed by atoms with E-state index in [1.807, 2.05) is 0 Å². The summed E-state index contributed by atoms with van der Waals surface area (Å²) in [4.78, 5) is 19.3. The Bertz CT molecular complexity index is 326. The van der Waals surface area contributed by atoms with Crippen LogP contribution in [0.15, 0.2) is 0 Å². The molecule has 5 N–H and O–H groups in total. The summed E-state index contributed by atoms with van der Waals surface area (Å²) in [5.41, 5.74) is 0. The maximum absolute atomic E-state index is 9.63. The Morgan fingerprint density at radius 1 is 0.864 bits per heavy atom. The zero-order valence-electron chi connectivity index (χ0n) is 11.5. The second-order valence-corrected chi connectivity index (χ2v) is 2.75. The van der Waals surface area contributed by atoms with E-state index >= 15 is 0 Å². The molecule has 0 aliphatic heterocycles. The van der Waals surface area contributed by atoms with E-state index in [-0.39, 0.29) is 189 Å². The molecule has 0 spiro atoms. The van der Waals surface area contributed by atoms with Crippen molar-refractivity contribution in [1.29, 1.82) is 0 Å². The number of carboxylic acid groups (broad SMARTS) is 2. The van der Waals surface area contributed by atoms with Crippen LogP contribution in [0.2, 0.25) is 0 Å². The zero-order chi connectivity index (χ0) is 12.8. The van der Waals surface area contributed by atoms with E-state index < -0.39 is 34.5 Å². The van der Waals surface area contributed by atoms with Crippen LogP contribution in [0.4, 0.5) is 0 Å². The van der Waals surface area contributed by atoms with Gasteiger partial charge in [0.05, 0.1) is 11.9 Å². The first-order chi connectivity index (χ1) is 6.46. The van der Waals surface area contributed by atoms with Crippen LogP contribution in [0, 0.1) is 0 Å². The number of aliphatic carboxylic acids is 2. The van der Waals surface area contributed by atoms with Crippen LogP contribution in [0.3, 0.4) is 0 Å². The van der Waals surface area contributed by atoms with Gasteiger partial charge in [-0.05, 0) is 0 Å². The van der Waals surface area contributed by atoms with E-state index in [2.05, 4.69) is 0 Å². The van der Waals surface area contributed by atoms with Gasteiger partial charge in [-0.2, -0.15) is 0 Å². The molecule has 0 rings (SSSR count). The number of hydrogen-bond donors (Lipinski definition) is 3. The van der Waals surface area contributed by atoms with Crippen LogP contribution in [0.5, 0.6) is 0 Å². The van der Waals surface area contributed by atoms with Gasteiger partial charge in [0.25, 0.3) is 0 Å². The van der Waals surface area contributed by atoms with Crippen molar-refractivity contribution in [2.75, 3.05) is 0 Å². The summed E-state index contributed by atoms with van der Waals surface area (Å²) in [5.74, 6) is -4.12. The van der Waals surface area contributed by atoms with Crippen LogP contribution in [-0.2, 0) is 20.0 Å². The van der Waals surface area contributed by atoms with E-state index in [1.165, 1.54) is 0 Å². The average molecular weight is 477 g/mol. The van der Waals surface area contributed by atoms with Crippen molar-refractivity contribution < 1.29 is 175 Å². The minimum atomic E-state index is -5.17. The van der Waals surface area contributed by atoms with Gasteiger partial charge >= 0.3 is 158 Å². The van der Waals surface area contributed by atoms with Crippen LogP contribution < -0.4 is 144 Å². The van der Waals surface area contributed by atoms with Gasteiger partial charge in [-0.15, -0.1) is 0 Å². The average Bonchev–Trinajstić information content (AvgIpc) is 1.98. The molecule has 0 saturated heterocycles. The SMILES string of the molecule is N.O=C([O-])C(O)C(O)C(=O)[O-].O=S(=O)([O-])[O-].[Al+3].[Ca+2].[Cl-].[Cl-].[K+].[K+]. The maximum Gasteiger partial charge on any atom is 3.00 e. The molecule has 0 aliphatic carbocycles. The summed E-state index contributed by atoms with van der Waals surface area (Å²) >= 11 is 0. The third kappa shape index (κ3) is 49.7. The van der Waals surface area contributed by atoms with E-state index in [4.69, 9.17) is 27.7 Å². The molecule has 11 nitrogen and oxygen atoms in total. The largest absolute Gasteiger partial charge is 3.00 e. The minimum Gasteiger partial charge on any atom is -1.00 e. The summed E-state index contributed by atoms with van der Waals surface area (Å²) in [5, 5.41) is 35.7. The van der Waals surface area contributed by atoms with E-state index in [0.717, 1.165) is 0 Å². The summed E-state index contributed by atoms with van der Waals surface area (Å²) in [6.45, 7) is 0. The summed E-state index contributed by atoms with van der Waals surface area (Å²) in [6.07, 6.45) is -4.88. The number of halogens is 2. The van der Waals surface area contributed by atoms with Crippen molar-refractivity contribution in [3.05, 3.63) is 0 Å². The zero-order valence-corrected chi connectivity index (χ0v) is 23.4. The Morgan fingerprint density at radius 3 is 1.00 bits per heavy atom. The molecule has 0 bridgehead atoms. The van der Waals surface area contributed by atoms with Crippen LogP contribution in [0.1, 0.15) is 0 Å². The molecular formula is C4H7AlCaCl2K2NO10S+. The summed E-state index contributed by atoms with van der Waals surface area (Å²) in [7, 11) is -5.17. The second-order valence-electron chi connectivity index (χ2n) is 1.94. The fourth-order valence-electron chi connectivity index (χ4n) is 0.258. The number of rotatable bonds is 3. The Hall–Kier alpha value is 4.33. The van der Waals surface area contributed by atoms with Crippen molar-refractivity contribution in [2.45, 2.75) is 12.2 Å². The van der Waals surface area contributed by atoms with Gasteiger partial charge < -0.3 is 70.1 Å². The maximum atomic E-state index is 9.63. The minimum absolute atomic E-state index is 0. The number of hydrogen-bond acceptors (Lipinski definition) is 11. The smallest absolute Gasteiger partial charge is 1.00 e. The van der Waals surface area contributed by atoms with Gasteiger partial charge in [-0.25, -0.2) is 0 Å². The van der Waals surface area contributed by atoms with Gasteiger partial charge in [0.2, 0.25) is 0 Å². The number of aliphatic hydroxyl groups is 2. The van der Waals surface area contributed by atoms with Gasteiger partial charge in [-0.3, -0.25) is 8.42 Å². The Balaban J connectivity index is -0.0000000183. The number of carboxylic acids is 2. The molecule has 2 unspecified atom stereocenters. The van der Waals surface area contributed by atoms with Crippen molar-refractivity contribution in [3.63, 3.8) is 0 Å². The molecule has 0 aromatic rings. The first-order valence-corrected chi connectivity index (χ1v) is 4.24. The topological polar surface area (TPSA) is 236 Å². The molecule has 0 aromatic heterocycles. The van der Waals surface area contributed by atoms with Crippen LogP contribution in [0.25, 0.3) is 0 Å². The fraction of sp³-hybridized carbons (Fsp3) is 0.500. The van der Waals surface area contributed by atoms with Gasteiger partial charge in [0.1, 0.15) is 12.2 Å². The third-order valence-corrected chi connectivity index (χ3v) is 0.782. The monoisotopic (exact) mass is 476 g/mol. The van der Waals surface area contributed by atoms with E-state index in [1.54, 1.807) is 0 Å². The first-order valence-electron chi connectivity index (χ1n) is 2.91. The molecule has 0 amide bonds. The number of aliphatic hydroxyl groups excluding tert-OH is 2. The molecule has 114 valence electrons. The Labute approximate surface area is 264 Å². The normalized spacial score (nSPS) is 9.82. The Morgan fingerprint density at radius 2 is 0.955 bits per heavy atom. The van der Waals surface area contributed by atoms with Crippen molar-refractivity contribution in [2.24, 2.45) is 0 Å². The van der Waals surface area contributed by atoms with E-state index in [9.17, 15) is 19.8 Å². The van der Waals surface area contributed by atoms with Crippen LogP contribution >= 0.6 is 0 Å². The second kappa shape index (κ2) is 30.1. The molecule has 0 heterocycles. The molecule has 18 heteroatoms. The molecular weight excluding hydrogens is 470 g/mol. The predicted octanol–water partition coefficient (Wildman–Crippen LogP) is -18.7. The first kappa shape index (κ1) is 56.3. The molecule has 0 aliphatic rings. The predicted molar refractivity (Wildman–Crippen MR) is 49.0 cm³/mol. The Kier molecular flexibility index (Phi) is 76.9. The van der Waals surface area contributed by atoms with Crippen LogP contribution in [-0.4, -0.2) is 107 Å². The van der Waals surface area contributed by atoms with E-state index in [0.29, 0.717) is 0 Å². The molecule has 0 saturated carbocycles. The van der Waals surface area contributed by atoms with Crippen molar-refractivity contribution >= 4 is 77.4 Å². The number of carbonyl (C=O) groups excluding carboxylic acids is 2. The molecule has 0 fully saturated rings. The number of carbonyl (C=O) groups is 2. The van der Waals surface area contributed by atoms with Gasteiger partial charge in [-0.1, -0.05) is 0 Å². The standard InChI is InChI=1S/C4H6O6.Al.Ca.2ClH.2K.H3N.H2O4S/c5-1(3(7)8)2(6)4(9)10;;;;;;;;1-5(2,3)4/h1-2,5-6H,(H,7,8)(H,9,10);;;2*1H;;;1H3;(H2,1,2,3,4)/q;+3;+2;;;2*+1;;/p-6.